The Morgan fingerprint density at radius 2 is 1.84 bits per heavy atom. The van der Waals surface area contributed by atoms with Crippen molar-refractivity contribution in [2.45, 2.75) is 11.3 Å². The molecule has 1 aromatic rings. The number of nitrogens with zero attached hydrogens (tertiary/aromatic N) is 2. The van der Waals surface area contributed by atoms with E-state index in [1.807, 2.05) is 0 Å². The normalized spacial score (nSPS) is 24.4. The predicted octanol–water partition coefficient (Wildman–Crippen LogP) is 0.608. The van der Waals surface area contributed by atoms with Crippen LogP contribution in [-0.2, 0) is 24.7 Å². The standard InChI is InChI=1S/C15H19ClN2O5S2/c16-13-2-1-3-14(10-13)25(22,23)18-7-5-17(6-8-18)15(19)12-4-9-24(20,21)11-12/h1-3,10,12H,4-9,11H2. The van der Waals surface area contributed by atoms with Gasteiger partial charge in [-0.1, -0.05) is 17.7 Å². The second-order valence-corrected chi connectivity index (χ2v) is 10.9. The van der Waals surface area contributed by atoms with Gasteiger partial charge in [-0.15, -0.1) is 0 Å². The van der Waals surface area contributed by atoms with Gasteiger partial charge in [0.25, 0.3) is 0 Å². The zero-order chi connectivity index (χ0) is 18.2. The summed E-state index contributed by atoms with van der Waals surface area (Å²) in [5.74, 6) is -0.749. The largest absolute Gasteiger partial charge is 0.340 e. The molecule has 0 spiro atoms. The summed E-state index contributed by atoms with van der Waals surface area (Å²) in [6, 6.07) is 6.07. The molecule has 2 aliphatic rings. The van der Waals surface area contributed by atoms with Crippen LogP contribution in [0.2, 0.25) is 5.02 Å². The van der Waals surface area contributed by atoms with Crippen LogP contribution >= 0.6 is 11.6 Å². The van der Waals surface area contributed by atoms with Crippen LogP contribution in [0, 0.1) is 5.92 Å². The number of amides is 1. The maximum Gasteiger partial charge on any atom is 0.243 e. The lowest BCUT2D eigenvalue weighted by atomic mass is 10.1. The van der Waals surface area contributed by atoms with Gasteiger partial charge in [0.15, 0.2) is 9.84 Å². The minimum Gasteiger partial charge on any atom is -0.340 e. The average Bonchev–Trinajstić information content (AvgIpc) is 2.94. The lowest BCUT2D eigenvalue weighted by molar-refractivity contribution is -0.135. The van der Waals surface area contributed by atoms with Gasteiger partial charge in [0.05, 0.1) is 22.3 Å². The molecule has 0 aromatic heterocycles. The van der Waals surface area contributed by atoms with Gasteiger partial charge in [-0.3, -0.25) is 4.79 Å². The Bertz CT molecular complexity index is 877. The second-order valence-electron chi connectivity index (χ2n) is 6.29. The lowest BCUT2D eigenvalue weighted by Crippen LogP contribution is -2.52. The van der Waals surface area contributed by atoms with E-state index < -0.39 is 25.8 Å². The Hall–Kier alpha value is -1.16. The zero-order valence-electron chi connectivity index (χ0n) is 13.5. The predicted molar refractivity (Wildman–Crippen MR) is 93.6 cm³/mol. The monoisotopic (exact) mass is 406 g/mol. The molecule has 1 unspecified atom stereocenters. The number of carbonyl (C=O) groups excluding carboxylic acids is 1. The number of rotatable bonds is 3. The molecule has 3 rings (SSSR count). The molecule has 25 heavy (non-hydrogen) atoms. The smallest absolute Gasteiger partial charge is 0.243 e. The fraction of sp³-hybridized carbons (Fsp3) is 0.533. The van der Waals surface area contributed by atoms with Crippen molar-refractivity contribution in [2.24, 2.45) is 5.92 Å². The van der Waals surface area contributed by atoms with Crippen LogP contribution in [0.25, 0.3) is 0 Å². The Kier molecular flexibility index (Phi) is 5.11. The molecule has 0 N–H and O–H groups in total. The van der Waals surface area contributed by atoms with Crippen molar-refractivity contribution >= 4 is 37.4 Å². The fourth-order valence-corrected chi connectivity index (χ4v) is 6.63. The van der Waals surface area contributed by atoms with Gasteiger partial charge in [-0.25, -0.2) is 16.8 Å². The van der Waals surface area contributed by atoms with Crippen molar-refractivity contribution in [3.63, 3.8) is 0 Å². The van der Waals surface area contributed by atoms with Gasteiger partial charge in [-0.2, -0.15) is 4.31 Å². The highest BCUT2D eigenvalue weighted by Crippen LogP contribution is 2.24. The molecule has 7 nitrogen and oxygen atoms in total. The second kappa shape index (κ2) is 6.86. The van der Waals surface area contributed by atoms with Gasteiger partial charge in [-0.05, 0) is 24.6 Å². The summed E-state index contributed by atoms with van der Waals surface area (Å²) in [6.45, 7) is 0.879. The number of hydrogen-bond acceptors (Lipinski definition) is 5. The Balaban J connectivity index is 1.65. The number of sulfonamides is 1. The quantitative estimate of drug-likeness (QED) is 0.733. The van der Waals surface area contributed by atoms with Crippen LogP contribution < -0.4 is 0 Å². The van der Waals surface area contributed by atoms with Crippen molar-refractivity contribution in [2.75, 3.05) is 37.7 Å². The minimum atomic E-state index is -3.66. The van der Waals surface area contributed by atoms with Gasteiger partial charge in [0, 0.05) is 31.2 Å². The maximum absolute atomic E-state index is 12.6. The molecule has 2 heterocycles. The van der Waals surface area contributed by atoms with Gasteiger partial charge in [0.2, 0.25) is 15.9 Å². The number of carbonyl (C=O) groups is 1. The molecule has 0 saturated carbocycles. The van der Waals surface area contributed by atoms with E-state index in [2.05, 4.69) is 0 Å². The van der Waals surface area contributed by atoms with Crippen molar-refractivity contribution < 1.29 is 21.6 Å². The first kappa shape index (κ1) is 18.6. The summed E-state index contributed by atoms with van der Waals surface area (Å²) in [7, 11) is -6.78. The first-order valence-electron chi connectivity index (χ1n) is 7.94. The first-order valence-corrected chi connectivity index (χ1v) is 11.6. The van der Waals surface area contributed by atoms with Crippen LogP contribution in [0.1, 0.15) is 6.42 Å². The number of halogens is 1. The Labute approximate surface area is 152 Å². The molecule has 2 aliphatic heterocycles. The molecule has 1 aromatic carbocycles. The van der Waals surface area contributed by atoms with E-state index in [1.54, 1.807) is 17.0 Å². The van der Waals surface area contributed by atoms with Crippen molar-refractivity contribution in [1.29, 1.82) is 0 Å². The molecule has 1 atom stereocenters. The summed E-state index contributed by atoms with van der Waals surface area (Å²) >= 11 is 5.87. The third-order valence-corrected chi connectivity index (χ3v) is 8.46. The molecule has 0 aliphatic carbocycles. The highest BCUT2D eigenvalue weighted by molar-refractivity contribution is 7.91. The molecule has 0 bridgehead atoms. The molecular weight excluding hydrogens is 388 g/mol. The van der Waals surface area contributed by atoms with Gasteiger partial charge >= 0.3 is 0 Å². The van der Waals surface area contributed by atoms with Crippen LogP contribution in [0.5, 0.6) is 0 Å². The average molecular weight is 407 g/mol. The third kappa shape index (κ3) is 3.99. The summed E-state index contributed by atoms with van der Waals surface area (Å²) < 4.78 is 49.7. The molecule has 2 fully saturated rings. The number of benzene rings is 1. The lowest BCUT2D eigenvalue weighted by Gasteiger charge is -2.35. The van der Waals surface area contributed by atoms with E-state index in [0.717, 1.165) is 0 Å². The Morgan fingerprint density at radius 3 is 2.40 bits per heavy atom. The summed E-state index contributed by atoms with van der Waals surface area (Å²) in [4.78, 5) is 14.1. The van der Waals surface area contributed by atoms with Gasteiger partial charge < -0.3 is 4.90 Å². The van der Waals surface area contributed by atoms with E-state index in [9.17, 15) is 21.6 Å². The van der Waals surface area contributed by atoms with Crippen LogP contribution in [0.3, 0.4) is 0 Å². The minimum absolute atomic E-state index is 0.0481. The van der Waals surface area contributed by atoms with E-state index in [0.29, 0.717) is 11.4 Å². The number of piperazine rings is 1. The SMILES string of the molecule is O=C(C1CCS(=O)(=O)C1)N1CCN(S(=O)(=O)c2cccc(Cl)c2)CC1. The highest BCUT2D eigenvalue weighted by Gasteiger charge is 2.37. The summed E-state index contributed by atoms with van der Waals surface area (Å²) in [5.41, 5.74) is 0. The molecule has 138 valence electrons. The topological polar surface area (TPSA) is 91.8 Å². The Morgan fingerprint density at radius 1 is 1.16 bits per heavy atom. The first-order chi connectivity index (χ1) is 11.7. The molecular formula is C15H19ClN2O5S2. The molecule has 2 saturated heterocycles. The van der Waals surface area contributed by atoms with Crippen LogP contribution in [0.15, 0.2) is 29.2 Å². The third-order valence-electron chi connectivity index (χ3n) is 4.57. The van der Waals surface area contributed by atoms with Crippen LogP contribution in [0.4, 0.5) is 0 Å². The molecule has 10 heteroatoms. The van der Waals surface area contributed by atoms with E-state index >= 15 is 0 Å². The molecule has 1 amide bonds. The van der Waals surface area contributed by atoms with Crippen molar-refractivity contribution in [3.05, 3.63) is 29.3 Å². The number of sulfone groups is 1. The zero-order valence-corrected chi connectivity index (χ0v) is 15.9. The fourth-order valence-electron chi connectivity index (χ4n) is 3.17. The number of hydrogen-bond donors (Lipinski definition) is 0. The highest BCUT2D eigenvalue weighted by atomic mass is 35.5. The summed E-state index contributed by atoms with van der Waals surface area (Å²) in [6.07, 6.45) is 0.349. The van der Waals surface area contributed by atoms with Crippen LogP contribution in [-0.4, -0.2) is 69.6 Å². The van der Waals surface area contributed by atoms with Crippen molar-refractivity contribution in [1.82, 2.24) is 9.21 Å². The van der Waals surface area contributed by atoms with E-state index in [-0.39, 0.29) is 48.5 Å². The summed E-state index contributed by atoms with van der Waals surface area (Å²) in [5, 5.41) is 0.345. The van der Waals surface area contributed by atoms with Crippen molar-refractivity contribution in [3.8, 4) is 0 Å². The van der Waals surface area contributed by atoms with Gasteiger partial charge in [0.1, 0.15) is 0 Å². The van der Waals surface area contributed by atoms with E-state index in [1.165, 1.54) is 16.4 Å². The maximum atomic E-state index is 12.6. The molecule has 0 radical (unpaired) electrons. The van der Waals surface area contributed by atoms with E-state index in [4.69, 9.17) is 11.6 Å².